The Labute approximate surface area is 90.9 Å². The zero-order valence-corrected chi connectivity index (χ0v) is 8.93. The topological polar surface area (TPSA) is 29.5 Å². The summed E-state index contributed by atoms with van der Waals surface area (Å²) < 4.78 is 5.50. The maximum Gasteiger partial charge on any atom is 0.0605 e. The van der Waals surface area contributed by atoms with E-state index in [1.165, 1.54) is 5.56 Å². The lowest BCUT2D eigenvalue weighted by molar-refractivity contribution is 0.0541. The van der Waals surface area contributed by atoms with Crippen molar-refractivity contribution in [3.8, 4) is 0 Å². The van der Waals surface area contributed by atoms with Crippen LogP contribution in [0.1, 0.15) is 24.8 Å². The number of hydrogen-bond acceptors (Lipinski definition) is 2. The summed E-state index contributed by atoms with van der Waals surface area (Å²) >= 11 is 0. The Morgan fingerprint density at radius 1 is 1.33 bits per heavy atom. The Morgan fingerprint density at radius 2 is 2.13 bits per heavy atom. The highest BCUT2D eigenvalue weighted by Gasteiger charge is 2.19. The highest BCUT2D eigenvalue weighted by molar-refractivity contribution is 5.15. The van der Waals surface area contributed by atoms with Crippen LogP contribution in [0, 0.1) is 0 Å². The summed E-state index contributed by atoms with van der Waals surface area (Å²) in [5.74, 6) is 0. The van der Waals surface area contributed by atoms with Crippen LogP contribution < -0.4 is 0 Å². The van der Waals surface area contributed by atoms with Crippen LogP contribution >= 0.6 is 0 Å². The van der Waals surface area contributed by atoms with E-state index in [0.717, 1.165) is 32.3 Å². The zero-order valence-electron chi connectivity index (χ0n) is 8.93. The Balaban J connectivity index is 1.79. The van der Waals surface area contributed by atoms with Crippen LogP contribution in [0.15, 0.2) is 30.3 Å². The number of benzene rings is 1. The number of rotatable bonds is 4. The third kappa shape index (κ3) is 3.33. The van der Waals surface area contributed by atoms with Gasteiger partial charge in [-0.25, -0.2) is 0 Å². The number of aliphatic hydroxyl groups is 1. The van der Waals surface area contributed by atoms with Crippen molar-refractivity contribution in [3.63, 3.8) is 0 Å². The van der Waals surface area contributed by atoms with E-state index in [0.29, 0.717) is 0 Å². The molecule has 1 aromatic rings. The van der Waals surface area contributed by atoms with Crippen molar-refractivity contribution in [2.45, 2.75) is 37.9 Å². The molecule has 0 spiro atoms. The molecule has 2 nitrogen and oxygen atoms in total. The average molecular weight is 206 g/mol. The van der Waals surface area contributed by atoms with Gasteiger partial charge in [0.25, 0.3) is 0 Å². The number of aliphatic hydroxyl groups excluding tert-OH is 1. The van der Waals surface area contributed by atoms with Crippen molar-refractivity contribution in [3.05, 3.63) is 35.9 Å². The minimum atomic E-state index is -0.268. The molecular formula is C13H18O2. The van der Waals surface area contributed by atoms with E-state index in [1.807, 2.05) is 18.2 Å². The van der Waals surface area contributed by atoms with Gasteiger partial charge < -0.3 is 9.84 Å². The molecule has 1 aliphatic rings. The van der Waals surface area contributed by atoms with Gasteiger partial charge in [-0.2, -0.15) is 0 Å². The first-order chi connectivity index (χ1) is 7.34. The van der Waals surface area contributed by atoms with Gasteiger partial charge >= 0.3 is 0 Å². The highest BCUT2D eigenvalue weighted by atomic mass is 16.5. The summed E-state index contributed by atoms with van der Waals surface area (Å²) in [6, 6.07) is 10.1. The first-order valence-electron chi connectivity index (χ1n) is 5.68. The van der Waals surface area contributed by atoms with Gasteiger partial charge in [0.05, 0.1) is 12.2 Å². The van der Waals surface area contributed by atoms with E-state index in [1.54, 1.807) is 0 Å². The molecule has 1 aromatic carbocycles. The minimum absolute atomic E-state index is 0.268. The Kier molecular flexibility index (Phi) is 3.75. The van der Waals surface area contributed by atoms with Gasteiger partial charge in [-0.1, -0.05) is 30.3 Å². The van der Waals surface area contributed by atoms with E-state index in [-0.39, 0.29) is 12.2 Å². The summed E-state index contributed by atoms with van der Waals surface area (Å²) in [7, 11) is 0. The second-order valence-corrected chi connectivity index (χ2v) is 4.21. The fourth-order valence-corrected chi connectivity index (χ4v) is 2.10. The highest BCUT2D eigenvalue weighted by Crippen LogP contribution is 2.18. The lowest BCUT2D eigenvalue weighted by Crippen LogP contribution is -2.19. The summed E-state index contributed by atoms with van der Waals surface area (Å²) in [4.78, 5) is 0. The van der Waals surface area contributed by atoms with Crippen molar-refractivity contribution in [2.75, 3.05) is 6.61 Å². The molecule has 15 heavy (non-hydrogen) atoms. The molecule has 1 heterocycles. The summed E-state index contributed by atoms with van der Waals surface area (Å²) in [5.41, 5.74) is 1.20. The molecule has 1 aliphatic heterocycles. The average Bonchev–Trinajstić information content (AvgIpc) is 2.71. The molecule has 82 valence electrons. The van der Waals surface area contributed by atoms with Crippen molar-refractivity contribution in [2.24, 2.45) is 0 Å². The van der Waals surface area contributed by atoms with Crippen molar-refractivity contribution in [1.29, 1.82) is 0 Å². The molecule has 0 saturated carbocycles. The van der Waals surface area contributed by atoms with E-state index >= 15 is 0 Å². The molecule has 0 aromatic heterocycles. The fourth-order valence-electron chi connectivity index (χ4n) is 2.10. The molecule has 2 atom stereocenters. The van der Waals surface area contributed by atoms with E-state index < -0.39 is 0 Å². The lowest BCUT2D eigenvalue weighted by Gasteiger charge is -2.15. The summed E-state index contributed by atoms with van der Waals surface area (Å²) in [5, 5.41) is 9.88. The molecule has 0 aliphatic carbocycles. The Morgan fingerprint density at radius 3 is 2.80 bits per heavy atom. The molecule has 1 fully saturated rings. The van der Waals surface area contributed by atoms with Gasteiger partial charge in [0.2, 0.25) is 0 Å². The molecule has 0 radical (unpaired) electrons. The molecule has 2 heteroatoms. The third-order valence-corrected chi connectivity index (χ3v) is 2.87. The lowest BCUT2D eigenvalue weighted by atomic mass is 10.0. The van der Waals surface area contributed by atoms with Crippen molar-refractivity contribution < 1.29 is 9.84 Å². The van der Waals surface area contributed by atoms with E-state index in [9.17, 15) is 5.11 Å². The maximum absolute atomic E-state index is 9.88. The molecule has 1 N–H and O–H groups in total. The largest absolute Gasteiger partial charge is 0.393 e. The van der Waals surface area contributed by atoms with Crippen LogP contribution in [0.25, 0.3) is 0 Å². The van der Waals surface area contributed by atoms with Crippen molar-refractivity contribution >= 4 is 0 Å². The predicted octanol–water partition coefficient (Wildman–Crippen LogP) is 2.16. The molecule has 2 rings (SSSR count). The molecular weight excluding hydrogens is 188 g/mol. The van der Waals surface area contributed by atoms with Crippen molar-refractivity contribution in [1.82, 2.24) is 0 Å². The fraction of sp³-hybridized carbons (Fsp3) is 0.538. The van der Waals surface area contributed by atoms with Crippen LogP contribution in [0.4, 0.5) is 0 Å². The van der Waals surface area contributed by atoms with Gasteiger partial charge in [0.1, 0.15) is 0 Å². The Hall–Kier alpha value is -0.860. The van der Waals surface area contributed by atoms with Crippen LogP contribution in [-0.2, 0) is 11.2 Å². The molecule has 2 unspecified atom stereocenters. The van der Waals surface area contributed by atoms with Crippen LogP contribution in [-0.4, -0.2) is 23.9 Å². The Bertz CT molecular complexity index is 278. The normalized spacial score (nSPS) is 22.9. The monoisotopic (exact) mass is 206 g/mol. The molecule has 1 saturated heterocycles. The summed E-state index contributed by atoms with van der Waals surface area (Å²) in [6.07, 6.45) is 3.77. The standard InChI is InChI=1S/C13H18O2/c14-12(10-13-7-4-8-15-13)9-11-5-2-1-3-6-11/h1-3,5-6,12-14H,4,7-10H2. The third-order valence-electron chi connectivity index (χ3n) is 2.87. The van der Waals surface area contributed by atoms with Crippen LogP contribution in [0.5, 0.6) is 0 Å². The van der Waals surface area contributed by atoms with Crippen LogP contribution in [0.2, 0.25) is 0 Å². The van der Waals surface area contributed by atoms with Gasteiger partial charge in [0.15, 0.2) is 0 Å². The van der Waals surface area contributed by atoms with Gasteiger partial charge in [0, 0.05) is 6.61 Å². The number of hydrogen-bond donors (Lipinski definition) is 1. The first-order valence-corrected chi connectivity index (χ1v) is 5.68. The van der Waals surface area contributed by atoms with E-state index in [4.69, 9.17) is 4.74 Å². The molecule has 0 bridgehead atoms. The predicted molar refractivity (Wildman–Crippen MR) is 59.7 cm³/mol. The second kappa shape index (κ2) is 5.29. The number of ether oxygens (including phenoxy) is 1. The van der Waals surface area contributed by atoms with Gasteiger partial charge in [-0.05, 0) is 31.2 Å². The van der Waals surface area contributed by atoms with E-state index in [2.05, 4.69) is 12.1 Å². The SMILES string of the molecule is OC(Cc1ccccc1)CC1CCCO1. The maximum atomic E-state index is 9.88. The molecule has 0 amide bonds. The quantitative estimate of drug-likeness (QED) is 0.818. The van der Waals surface area contributed by atoms with Crippen LogP contribution in [0.3, 0.4) is 0 Å². The second-order valence-electron chi connectivity index (χ2n) is 4.21. The van der Waals surface area contributed by atoms with Gasteiger partial charge in [-0.15, -0.1) is 0 Å². The minimum Gasteiger partial charge on any atom is -0.393 e. The zero-order chi connectivity index (χ0) is 10.5. The van der Waals surface area contributed by atoms with Gasteiger partial charge in [-0.3, -0.25) is 0 Å². The first kappa shape index (κ1) is 10.7. The smallest absolute Gasteiger partial charge is 0.0605 e. The summed E-state index contributed by atoms with van der Waals surface area (Å²) in [6.45, 7) is 0.864.